The molecule has 1 aliphatic rings. The molecule has 0 radical (unpaired) electrons. The lowest BCUT2D eigenvalue weighted by molar-refractivity contribution is -0.148. The normalized spacial score (nSPS) is 13.5. The number of thioether (sulfide) groups is 1. The summed E-state index contributed by atoms with van der Waals surface area (Å²) >= 11 is 9.00. The van der Waals surface area contributed by atoms with Crippen molar-refractivity contribution in [2.24, 2.45) is 0 Å². The average molecular weight is 816 g/mol. The van der Waals surface area contributed by atoms with Gasteiger partial charge in [-0.25, -0.2) is 19.6 Å². The zero-order chi connectivity index (χ0) is 40.4. The molecule has 3 heterocycles. The van der Waals surface area contributed by atoms with Crippen LogP contribution >= 0.6 is 34.7 Å². The van der Waals surface area contributed by atoms with E-state index in [1.165, 1.54) is 36.9 Å². The molecule has 2 aromatic carbocycles. The minimum Gasteiger partial charge on any atom is -0.490 e. The molecule has 2 atom stereocenters. The maximum absolute atomic E-state index is 12.5. The summed E-state index contributed by atoms with van der Waals surface area (Å²) < 4.78 is 16.2. The van der Waals surface area contributed by atoms with Crippen LogP contribution in [0.25, 0.3) is 21.7 Å². The second-order valence-corrected chi connectivity index (χ2v) is 16.1. The van der Waals surface area contributed by atoms with E-state index in [4.69, 9.17) is 35.8 Å². The number of rotatable bonds is 14. The lowest BCUT2D eigenvalue weighted by Crippen LogP contribution is -2.50. The third-order valence-corrected chi connectivity index (χ3v) is 10.6. The van der Waals surface area contributed by atoms with Gasteiger partial charge in [-0.15, -0.1) is 11.3 Å². The molecule has 2 N–H and O–H groups in total. The van der Waals surface area contributed by atoms with Gasteiger partial charge in [0.25, 0.3) is 0 Å². The predicted octanol–water partition coefficient (Wildman–Crippen LogP) is 7.50. The zero-order valence-electron chi connectivity index (χ0n) is 31.7. The number of alkyl carbamates (subject to hydrolysis) is 1. The molecule has 13 nitrogen and oxygen atoms in total. The van der Waals surface area contributed by atoms with Gasteiger partial charge in [-0.1, -0.05) is 47.6 Å². The van der Waals surface area contributed by atoms with E-state index in [1.807, 2.05) is 29.6 Å². The van der Waals surface area contributed by atoms with Crippen molar-refractivity contribution in [1.29, 1.82) is 10.5 Å². The van der Waals surface area contributed by atoms with Gasteiger partial charge in [-0.3, -0.25) is 4.79 Å². The largest absolute Gasteiger partial charge is 0.490 e. The zero-order valence-corrected chi connectivity index (χ0v) is 34.1. The van der Waals surface area contributed by atoms with Gasteiger partial charge < -0.3 is 29.7 Å². The van der Waals surface area contributed by atoms with Gasteiger partial charge >= 0.3 is 12.1 Å². The molecule has 1 aliphatic heterocycles. The molecule has 5 rings (SSSR count). The number of nitrogens with zero attached hydrogens (tertiary/aromatic N) is 5. The molecule has 1 fully saturated rings. The van der Waals surface area contributed by atoms with Gasteiger partial charge in [0, 0.05) is 40.4 Å². The van der Waals surface area contributed by atoms with Gasteiger partial charge in [0.05, 0.1) is 11.3 Å². The SMILES string of the molecule is CC(NC(=O)OC(C)(C)C)C(=O)NC(C)C(=O)OCCOc1ccc(-c2c(C#N)c(SCc3csc(-c4ccc(Cl)cc4)n3)nc(N3CCCC3)c2C#N)cc1. The van der Waals surface area contributed by atoms with Gasteiger partial charge in [0.15, 0.2) is 0 Å². The standard InChI is InChI=1S/C40H42ClN7O6S2/c1-24(45-39(51)54-40(3,4)5)35(49)44-25(2)38(50)53-19-18-52-30-14-10-26(11-15-30)33-31(20-42)34(48-16-6-7-17-48)47-37(32(33)21-43)56-23-29-22-55-36(46-29)27-8-12-28(41)13-9-27/h8-15,22,24-25H,6-7,16-19,23H2,1-5H3,(H,44,49)(H,45,51). The number of amides is 2. The number of anilines is 1. The summed E-state index contributed by atoms with van der Waals surface area (Å²) in [6, 6.07) is 17.3. The third-order valence-electron chi connectivity index (χ3n) is 8.35. The number of benzene rings is 2. The summed E-state index contributed by atoms with van der Waals surface area (Å²) in [6.07, 6.45) is 1.22. The van der Waals surface area contributed by atoms with Crippen molar-refractivity contribution in [3.05, 3.63) is 75.8 Å². The first kappa shape index (κ1) is 41.8. The fraction of sp³-hybridized carbons (Fsp3) is 0.375. The summed E-state index contributed by atoms with van der Waals surface area (Å²) in [4.78, 5) is 48.8. The number of carbonyl (C=O) groups excluding carboxylic acids is 3. The molecule has 2 aromatic heterocycles. The molecule has 1 saturated heterocycles. The first-order chi connectivity index (χ1) is 26.8. The van der Waals surface area contributed by atoms with Crippen molar-refractivity contribution < 1.29 is 28.6 Å². The van der Waals surface area contributed by atoms with Crippen LogP contribution in [-0.4, -0.2) is 71.9 Å². The van der Waals surface area contributed by atoms with Gasteiger partial charge in [-0.2, -0.15) is 10.5 Å². The van der Waals surface area contributed by atoms with Crippen molar-refractivity contribution in [2.45, 2.75) is 75.9 Å². The molecule has 0 aliphatic carbocycles. The average Bonchev–Trinajstić information content (AvgIpc) is 3.88. The highest BCUT2D eigenvalue weighted by Crippen LogP contribution is 2.40. The van der Waals surface area contributed by atoms with E-state index in [-0.39, 0.29) is 13.2 Å². The molecule has 56 heavy (non-hydrogen) atoms. The van der Waals surface area contributed by atoms with Crippen LogP contribution in [0.15, 0.2) is 58.9 Å². The smallest absolute Gasteiger partial charge is 0.408 e. The predicted molar refractivity (Wildman–Crippen MR) is 216 cm³/mol. The minimum atomic E-state index is -0.976. The fourth-order valence-corrected chi connectivity index (χ4v) is 7.58. The van der Waals surface area contributed by atoms with E-state index in [2.05, 4.69) is 27.7 Å². The van der Waals surface area contributed by atoms with Crippen LogP contribution in [0, 0.1) is 22.7 Å². The highest BCUT2D eigenvalue weighted by atomic mass is 35.5. The molecule has 4 aromatic rings. The Bertz CT molecular complexity index is 2120. The number of pyridine rings is 1. The topological polar surface area (TPSA) is 180 Å². The summed E-state index contributed by atoms with van der Waals surface area (Å²) in [5.74, 6) is 0.263. The van der Waals surface area contributed by atoms with Crippen molar-refractivity contribution >= 4 is 58.5 Å². The first-order valence-corrected chi connectivity index (χ1v) is 20.2. The second-order valence-electron chi connectivity index (χ2n) is 13.9. The summed E-state index contributed by atoms with van der Waals surface area (Å²) in [5, 5.41) is 29.9. The van der Waals surface area contributed by atoms with Crippen LogP contribution < -0.4 is 20.3 Å². The van der Waals surface area contributed by atoms with Crippen molar-refractivity contribution in [3.63, 3.8) is 0 Å². The van der Waals surface area contributed by atoms with Crippen molar-refractivity contribution in [1.82, 2.24) is 20.6 Å². The Labute approximate surface area is 339 Å². The third kappa shape index (κ3) is 11.1. The second kappa shape index (κ2) is 19.0. The van der Waals surface area contributed by atoms with Crippen LogP contribution in [0.4, 0.5) is 10.6 Å². The number of hydrogen-bond donors (Lipinski definition) is 2. The summed E-state index contributed by atoms with van der Waals surface area (Å²) in [7, 11) is 0. The Kier molecular flexibility index (Phi) is 14.2. The van der Waals surface area contributed by atoms with E-state index in [1.54, 1.807) is 45.0 Å². The van der Waals surface area contributed by atoms with E-state index in [0.717, 1.165) is 42.2 Å². The number of thiazole rings is 1. The van der Waals surface area contributed by atoms with E-state index in [0.29, 0.717) is 49.6 Å². The Morgan fingerprint density at radius 3 is 2.23 bits per heavy atom. The summed E-state index contributed by atoms with van der Waals surface area (Å²) in [6.45, 7) is 9.53. The van der Waals surface area contributed by atoms with Gasteiger partial charge in [-0.05, 0) is 77.3 Å². The van der Waals surface area contributed by atoms with Crippen LogP contribution in [0.1, 0.15) is 64.3 Å². The Balaban J connectivity index is 1.23. The van der Waals surface area contributed by atoms with Crippen molar-refractivity contribution in [2.75, 3.05) is 31.2 Å². The number of carbonyl (C=O) groups is 3. The Morgan fingerprint density at radius 2 is 1.59 bits per heavy atom. The number of aromatic nitrogens is 2. The van der Waals surface area contributed by atoms with E-state index < -0.39 is 35.7 Å². The van der Waals surface area contributed by atoms with Gasteiger partial charge in [0.2, 0.25) is 5.91 Å². The van der Waals surface area contributed by atoms with Crippen LogP contribution in [0.5, 0.6) is 5.75 Å². The lowest BCUT2D eigenvalue weighted by Gasteiger charge is -2.22. The number of esters is 1. The molecule has 0 spiro atoms. The summed E-state index contributed by atoms with van der Waals surface area (Å²) in [5.41, 5.74) is 2.88. The quantitative estimate of drug-likeness (QED) is 0.0728. The number of halogens is 1. The number of ether oxygens (including phenoxy) is 3. The van der Waals surface area contributed by atoms with E-state index >= 15 is 0 Å². The van der Waals surface area contributed by atoms with Crippen molar-refractivity contribution in [3.8, 4) is 39.6 Å². The number of hydrogen-bond acceptors (Lipinski definition) is 13. The molecular weight excluding hydrogens is 774 g/mol. The molecule has 16 heteroatoms. The maximum Gasteiger partial charge on any atom is 0.408 e. The highest BCUT2D eigenvalue weighted by molar-refractivity contribution is 7.98. The van der Waals surface area contributed by atoms with Crippen LogP contribution in [0.3, 0.4) is 0 Å². The first-order valence-electron chi connectivity index (χ1n) is 17.9. The molecule has 2 amide bonds. The highest BCUT2D eigenvalue weighted by Gasteiger charge is 2.27. The Hall–Kier alpha value is -5.35. The molecule has 0 saturated carbocycles. The number of nitrogens with one attached hydrogen (secondary N) is 2. The molecule has 2 unspecified atom stereocenters. The van der Waals surface area contributed by atoms with Gasteiger partial charge in [0.1, 0.15) is 70.2 Å². The lowest BCUT2D eigenvalue weighted by atomic mass is 9.96. The molecule has 292 valence electrons. The molecule has 0 bridgehead atoms. The fourth-order valence-electron chi connectivity index (χ4n) is 5.64. The maximum atomic E-state index is 12.5. The van der Waals surface area contributed by atoms with E-state index in [9.17, 15) is 24.9 Å². The van der Waals surface area contributed by atoms with Crippen LogP contribution in [-0.2, 0) is 24.8 Å². The monoisotopic (exact) mass is 815 g/mol. The minimum absolute atomic E-state index is 0.0285. The number of nitriles is 2. The van der Waals surface area contributed by atoms with Crippen LogP contribution in [0.2, 0.25) is 5.02 Å². The molecular formula is C40H42ClN7O6S2. The Morgan fingerprint density at radius 1 is 0.929 bits per heavy atom.